The first-order chi connectivity index (χ1) is 7.58. The number of benzene rings is 1. The molecule has 0 aliphatic rings. The molecule has 0 spiro atoms. The van der Waals surface area contributed by atoms with E-state index >= 15 is 0 Å². The zero-order valence-electron chi connectivity index (χ0n) is 7.76. The maximum atomic E-state index is 12.1. The van der Waals surface area contributed by atoms with E-state index in [4.69, 9.17) is 5.11 Å². The molecular formula is C8H4F6OS2. The van der Waals surface area contributed by atoms with Crippen LogP contribution in [0.1, 0.15) is 0 Å². The van der Waals surface area contributed by atoms with Crippen molar-refractivity contribution in [2.45, 2.75) is 20.8 Å². The molecule has 0 atom stereocenters. The van der Waals surface area contributed by atoms with Gasteiger partial charge in [-0.25, -0.2) is 0 Å². The summed E-state index contributed by atoms with van der Waals surface area (Å²) >= 11 is -1.47. The molecule has 0 saturated carbocycles. The zero-order valence-corrected chi connectivity index (χ0v) is 9.40. The number of hydrogen-bond acceptors (Lipinski definition) is 3. The molecule has 17 heavy (non-hydrogen) atoms. The molecule has 0 amide bonds. The van der Waals surface area contributed by atoms with Crippen LogP contribution >= 0.6 is 23.5 Å². The molecule has 1 aromatic rings. The van der Waals surface area contributed by atoms with Gasteiger partial charge in [0.05, 0.1) is 4.90 Å². The van der Waals surface area contributed by atoms with Gasteiger partial charge >= 0.3 is 11.0 Å². The van der Waals surface area contributed by atoms with Gasteiger partial charge in [-0.1, -0.05) is 6.07 Å². The molecule has 0 aliphatic carbocycles. The molecule has 0 unspecified atom stereocenters. The summed E-state index contributed by atoms with van der Waals surface area (Å²) in [6.07, 6.45) is 0. The molecule has 0 aromatic heterocycles. The Morgan fingerprint density at radius 3 is 1.88 bits per heavy atom. The van der Waals surface area contributed by atoms with Crippen LogP contribution in [0.3, 0.4) is 0 Å². The lowest BCUT2D eigenvalue weighted by Gasteiger charge is -2.13. The Morgan fingerprint density at radius 2 is 1.41 bits per heavy atom. The van der Waals surface area contributed by atoms with Crippen molar-refractivity contribution >= 4 is 23.5 Å². The molecule has 0 saturated heterocycles. The molecule has 9 heteroatoms. The highest BCUT2D eigenvalue weighted by atomic mass is 32.2. The zero-order chi connectivity index (χ0) is 13.3. The van der Waals surface area contributed by atoms with Crippen molar-refractivity contribution in [3.63, 3.8) is 0 Å². The second-order valence-corrected chi connectivity index (χ2v) is 4.88. The van der Waals surface area contributed by atoms with Crippen LogP contribution in [0.25, 0.3) is 0 Å². The molecule has 0 radical (unpaired) electrons. The highest BCUT2D eigenvalue weighted by molar-refractivity contribution is 8.03. The summed E-state index contributed by atoms with van der Waals surface area (Å²) in [4.78, 5) is -1.53. The lowest BCUT2D eigenvalue weighted by molar-refractivity contribution is -0.0347. The highest BCUT2D eigenvalue weighted by Crippen LogP contribution is 2.49. The molecule has 0 bridgehead atoms. The standard InChI is InChI=1S/C8H4F6OS2/c9-7(10,11)16-5-3-1-2-4(15)6(5)17-8(12,13)14/h1-3,15H. The topological polar surface area (TPSA) is 20.2 Å². The van der Waals surface area contributed by atoms with Gasteiger partial charge in [0.1, 0.15) is 5.75 Å². The smallest absolute Gasteiger partial charge is 0.446 e. The highest BCUT2D eigenvalue weighted by Gasteiger charge is 2.36. The molecule has 96 valence electrons. The summed E-state index contributed by atoms with van der Waals surface area (Å²) < 4.78 is 72.5. The number of phenolic OH excluding ortho intramolecular Hbond substituents is 1. The van der Waals surface area contributed by atoms with E-state index < -0.39 is 50.1 Å². The second-order valence-electron chi connectivity index (χ2n) is 2.70. The number of phenols is 1. The van der Waals surface area contributed by atoms with Crippen molar-refractivity contribution in [2.75, 3.05) is 0 Å². The minimum absolute atomic E-state index is 0.681. The average Bonchev–Trinajstić information content (AvgIpc) is 2.07. The Bertz CT molecular complexity index is 400. The molecule has 1 N–H and O–H groups in total. The summed E-state index contributed by atoms with van der Waals surface area (Å²) in [6, 6.07) is 2.81. The fourth-order valence-electron chi connectivity index (χ4n) is 0.928. The first-order valence-corrected chi connectivity index (χ1v) is 5.55. The Kier molecular flexibility index (Phi) is 4.13. The van der Waals surface area contributed by atoms with Crippen LogP contribution in [0.2, 0.25) is 0 Å². The van der Waals surface area contributed by atoms with Gasteiger partial charge in [0.15, 0.2) is 0 Å². The van der Waals surface area contributed by atoms with Gasteiger partial charge in [-0.05, 0) is 35.7 Å². The van der Waals surface area contributed by atoms with Crippen molar-refractivity contribution in [1.29, 1.82) is 0 Å². The van der Waals surface area contributed by atoms with Crippen molar-refractivity contribution in [3.8, 4) is 5.75 Å². The van der Waals surface area contributed by atoms with Crippen molar-refractivity contribution in [1.82, 2.24) is 0 Å². The predicted octanol–water partition coefficient (Wildman–Crippen LogP) is 4.62. The first kappa shape index (κ1) is 14.4. The SMILES string of the molecule is Oc1cccc(SC(F)(F)F)c1SC(F)(F)F. The third-order valence-corrected chi connectivity index (χ3v) is 3.19. The number of aromatic hydroxyl groups is 1. The van der Waals surface area contributed by atoms with E-state index in [1.165, 1.54) is 0 Å². The van der Waals surface area contributed by atoms with Crippen LogP contribution in [0, 0.1) is 0 Å². The lowest BCUT2D eigenvalue weighted by atomic mass is 10.3. The fourth-order valence-corrected chi connectivity index (χ4v) is 2.34. The Labute approximate surface area is 100 Å². The molecule has 1 rings (SSSR count). The summed E-state index contributed by atoms with van der Waals surface area (Å²) in [5, 5.41) is 9.15. The van der Waals surface area contributed by atoms with Gasteiger partial charge in [-0.2, -0.15) is 26.3 Å². The van der Waals surface area contributed by atoms with Crippen LogP contribution in [-0.2, 0) is 0 Å². The summed E-state index contributed by atoms with van der Waals surface area (Å²) in [6.45, 7) is 0. The van der Waals surface area contributed by atoms with Crippen molar-refractivity contribution in [3.05, 3.63) is 18.2 Å². The third kappa shape index (κ3) is 4.99. The summed E-state index contributed by atoms with van der Waals surface area (Å²) in [7, 11) is 0. The number of hydrogen-bond donors (Lipinski definition) is 1. The maximum Gasteiger partial charge on any atom is 0.446 e. The van der Waals surface area contributed by atoms with Gasteiger partial charge in [0, 0.05) is 4.90 Å². The Morgan fingerprint density at radius 1 is 0.882 bits per heavy atom. The predicted molar refractivity (Wildman–Crippen MR) is 51.9 cm³/mol. The van der Waals surface area contributed by atoms with Crippen LogP contribution in [0.4, 0.5) is 26.3 Å². The largest absolute Gasteiger partial charge is 0.507 e. The van der Waals surface area contributed by atoms with E-state index in [1.807, 2.05) is 0 Å². The molecular weight excluding hydrogens is 290 g/mol. The van der Waals surface area contributed by atoms with Crippen LogP contribution in [0.15, 0.2) is 28.0 Å². The Balaban J connectivity index is 3.09. The molecule has 0 fully saturated rings. The van der Waals surface area contributed by atoms with Gasteiger partial charge in [0.25, 0.3) is 0 Å². The molecule has 1 aromatic carbocycles. The lowest BCUT2D eigenvalue weighted by Crippen LogP contribution is -2.03. The van der Waals surface area contributed by atoms with Gasteiger partial charge < -0.3 is 5.11 Å². The summed E-state index contributed by atoms with van der Waals surface area (Å²) in [5.41, 5.74) is -9.48. The van der Waals surface area contributed by atoms with Gasteiger partial charge in [-0.3, -0.25) is 0 Å². The second kappa shape index (κ2) is 4.89. The molecule has 1 nitrogen and oxygen atoms in total. The van der Waals surface area contributed by atoms with Gasteiger partial charge in [0.2, 0.25) is 0 Å². The monoisotopic (exact) mass is 294 g/mol. The normalized spacial score (nSPS) is 12.8. The average molecular weight is 294 g/mol. The number of rotatable bonds is 2. The first-order valence-electron chi connectivity index (χ1n) is 3.92. The van der Waals surface area contributed by atoms with Crippen molar-refractivity contribution < 1.29 is 31.4 Å². The number of halogens is 6. The quantitative estimate of drug-likeness (QED) is 0.635. The number of alkyl halides is 6. The molecule has 0 aliphatic heterocycles. The Hall–Kier alpha value is -0.700. The van der Waals surface area contributed by atoms with E-state index in [9.17, 15) is 26.3 Å². The van der Waals surface area contributed by atoms with E-state index in [-0.39, 0.29) is 0 Å². The van der Waals surface area contributed by atoms with Crippen LogP contribution in [-0.4, -0.2) is 16.1 Å². The fraction of sp³-hybridized carbons (Fsp3) is 0.250. The van der Waals surface area contributed by atoms with E-state index in [0.717, 1.165) is 18.2 Å². The van der Waals surface area contributed by atoms with Crippen LogP contribution in [0.5, 0.6) is 5.75 Å². The van der Waals surface area contributed by atoms with E-state index in [0.29, 0.717) is 0 Å². The van der Waals surface area contributed by atoms with Crippen LogP contribution < -0.4 is 0 Å². The summed E-state index contributed by atoms with van der Waals surface area (Å²) in [5.74, 6) is -0.832. The molecule has 0 heterocycles. The van der Waals surface area contributed by atoms with Crippen molar-refractivity contribution in [2.24, 2.45) is 0 Å². The van der Waals surface area contributed by atoms with Gasteiger partial charge in [-0.15, -0.1) is 0 Å². The third-order valence-electron chi connectivity index (χ3n) is 1.40. The number of thioether (sulfide) groups is 2. The van der Waals surface area contributed by atoms with E-state index in [1.54, 1.807) is 0 Å². The minimum atomic E-state index is -4.76. The minimum Gasteiger partial charge on any atom is -0.507 e. The van der Waals surface area contributed by atoms with E-state index in [2.05, 4.69) is 0 Å². The maximum absolute atomic E-state index is 12.1.